The third kappa shape index (κ3) is 4.00. The summed E-state index contributed by atoms with van der Waals surface area (Å²) >= 11 is 0. The predicted octanol–water partition coefficient (Wildman–Crippen LogP) is 4.66. The zero-order valence-electron chi connectivity index (χ0n) is 14.7. The Bertz CT molecular complexity index is 913. The number of furan rings is 1. The minimum absolute atomic E-state index is 0.190. The van der Waals surface area contributed by atoms with Gasteiger partial charge in [-0.1, -0.05) is 25.1 Å². The van der Waals surface area contributed by atoms with Gasteiger partial charge >= 0.3 is 0 Å². The summed E-state index contributed by atoms with van der Waals surface area (Å²) in [4.78, 5) is 24.6. The van der Waals surface area contributed by atoms with E-state index in [9.17, 15) is 9.59 Å². The number of carbonyl (C=O) groups is 2. The molecule has 2 aromatic carbocycles. The van der Waals surface area contributed by atoms with Crippen LogP contribution in [0.1, 0.15) is 39.0 Å². The SMILES string of the molecule is CCc1ccc(C(=O)Nc2cc(NC(=O)c3ccco3)ccc2C)cc1. The topological polar surface area (TPSA) is 71.3 Å². The van der Waals surface area contributed by atoms with Crippen LogP contribution in [0.4, 0.5) is 11.4 Å². The van der Waals surface area contributed by atoms with Crippen LogP contribution in [0.2, 0.25) is 0 Å². The highest BCUT2D eigenvalue weighted by Gasteiger charge is 2.12. The van der Waals surface area contributed by atoms with E-state index in [1.807, 2.05) is 37.3 Å². The highest BCUT2D eigenvalue weighted by molar-refractivity contribution is 6.06. The molecule has 0 radical (unpaired) electrons. The Hall–Kier alpha value is -3.34. The molecule has 132 valence electrons. The van der Waals surface area contributed by atoms with Crippen LogP contribution in [0.15, 0.2) is 65.3 Å². The minimum Gasteiger partial charge on any atom is -0.459 e. The molecule has 0 aliphatic heterocycles. The maximum atomic E-state index is 12.5. The van der Waals surface area contributed by atoms with Crippen molar-refractivity contribution < 1.29 is 14.0 Å². The van der Waals surface area contributed by atoms with Crippen molar-refractivity contribution in [3.8, 4) is 0 Å². The van der Waals surface area contributed by atoms with E-state index in [0.29, 0.717) is 16.9 Å². The Labute approximate surface area is 152 Å². The number of hydrogen-bond donors (Lipinski definition) is 2. The number of carbonyl (C=O) groups excluding carboxylic acids is 2. The summed E-state index contributed by atoms with van der Waals surface area (Å²) in [5, 5.41) is 5.65. The summed E-state index contributed by atoms with van der Waals surface area (Å²) in [6.45, 7) is 3.97. The first-order valence-corrected chi connectivity index (χ1v) is 8.42. The standard InChI is InChI=1S/C21H20N2O3/c1-3-15-7-9-16(10-8-15)20(24)23-18-13-17(11-6-14(18)2)22-21(25)19-5-4-12-26-19/h4-13H,3H2,1-2H3,(H,22,25)(H,23,24). The van der Waals surface area contributed by atoms with E-state index in [4.69, 9.17) is 4.42 Å². The Morgan fingerprint density at radius 3 is 2.38 bits per heavy atom. The molecule has 0 spiro atoms. The fraction of sp³-hybridized carbons (Fsp3) is 0.143. The number of aryl methyl sites for hydroxylation is 2. The first-order chi connectivity index (χ1) is 12.6. The Balaban J connectivity index is 1.74. The molecular weight excluding hydrogens is 328 g/mol. The lowest BCUT2D eigenvalue weighted by molar-refractivity contribution is 0.0995. The van der Waals surface area contributed by atoms with E-state index >= 15 is 0 Å². The van der Waals surface area contributed by atoms with Crippen molar-refractivity contribution in [1.82, 2.24) is 0 Å². The Morgan fingerprint density at radius 1 is 0.962 bits per heavy atom. The average molecular weight is 348 g/mol. The molecule has 0 aliphatic carbocycles. The van der Waals surface area contributed by atoms with Crippen LogP contribution in [0.5, 0.6) is 0 Å². The fourth-order valence-corrected chi connectivity index (χ4v) is 2.52. The van der Waals surface area contributed by atoms with Crippen molar-refractivity contribution in [2.75, 3.05) is 10.6 Å². The molecule has 2 amide bonds. The molecule has 3 rings (SSSR count). The van der Waals surface area contributed by atoms with Crippen LogP contribution in [0, 0.1) is 6.92 Å². The largest absolute Gasteiger partial charge is 0.459 e. The van der Waals surface area contributed by atoms with Gasteiger partial charge in [0, 0.05) is 16.9 Å². The normalized spacial score (nSPS) is 10.4. The van der Waals surface area contributed by atoms with Gasteiger partial charge in [0.1, 0.15) is 0 Å². The van der Waals surface area contributed by atoms with Crippen LogP contribution in [0.3, 0.4) is 0 Å². The van der Waals surface area contributed by atoms with Gasteiger partial charge in [-0.05, 0) is 60.9 Å². The molecule has 0 aliphatic rings. The Morgan fingerprint density at radius 2 is 1.73 bits per heavy atom. The molecule has 0 unspecified atom stereocenters. The number of hydrogen-bond acceptors (Lipinski definition) is 3. The van der Waals surface area contributed by atoms with Crippen LogP contribution < -0.4 is 10.6 Å². The van der Waals surface area contributed by atoms with E-state index in [1.54, 1.807) is 24.3 Å². The van der Waals surface area contributed by atoms with Gasteiger partial charge in [-0.25, -0.2) is 0 Å². The molecule has 1 heterocycles. The van der Waals surface area contributed by atoms with Crippen LogP contribution >= 0.6 is 0 Å². The van der Waals surface area contributed by atoms with Gasteiger partial charge in [0.05, 0.1) is 6.26 Å². The quantitative estimate of drug-likeness (QED) is 0.705. The number of nitrogens with one attached hydrogen (secondary N) is 2. The van der Waals surface area contributed by atoms with E-state index in [0.717, 1.165) is 12.0 Å². The number of rotatable bonds is 5. The van der Waals surface area contributed by atoms with Crippen molar-refractivity contribution in [2.24, 2.45) is 0 Å². The lowest BCUT2D eigenvalue weighted by atomic mass is 10.1. The smallest absolute Gasteiger partial charge is 0.291 e. The van der Waals surface area contributed by atoms with Crippen molar-refractivity contribution in [2.45, 2.75) is 20.3 Å². The van der Waals surface area contributed by atoms with Crippen LogP contribution in [-0.2, 0) is 6.42 Å². The number of amides is 2. The minimum atomic E-state index is -0.341. The molecule has 0 bridgehead atoms. The zero-order valence-corrected chi connectivity index (χ0v) is 14.7. The lowest BCUT2D eigenvalue weighted by Crippen LogP contribution is -2.14. The van der Waals surface area contributed by atoms with Gasteiger partial charge in [0.25, 0.3) is 11.8 Å². The molecular formula is C21H20N2O3. The van der Waals surface area contributed by atoms with E-state index in [2.05, 4.69) is 17.6 Å². The van der Waals surface area contributed by atoms with Crippen molar-refractivity contribution >= 4 is 23.2 Å². The van der Waals surface area contributed by atoms with Gasteiger partial charge < -0.3 is 15.1 Å². The second kappa shape index (κ2) is 7.70. The van der Waals surface area contributed by atoms with Gasteiger partial charge in [0.2, 0.25) is 0 Å². The van der Waals surface area contributed by atoms with Crippen molar-refractivity contribution in [1.29, 1.82) is 0 Å². The summed E-state index contributed by atoms with van der Waals surface area (Å²) in [7, 11) is 0. The maximum Gasteiger partial charge on any atom is 0.291 e. The van der Waals surface area contributed by atoms with Gasteiger partial charge in [0.15, 0.2) is 5.76 Å². The molecule has 0 atom stereocenters. The predicted molar refractivity (Wildman–Crippen MR) is 102 cm³/mol. The molecule has 26 heavy (non-hydrogen) atoms. The third-order valence-electron chi connectivity index (χ3n) is 4.11. The zero-order chi connectivity index (χ0) is 18.5. The molecule has 3 aromatic rings. The monoisotopic (exact) mass is 348 g/mol. The summed E-state index contributed by atoms with van der Waals surface area (Å²) in [6, 6.07) is 16.1. The maximum absolute atomic E-state index is 12.5. The molecule has 2 N–H and O–H groups in total. The summed E-state index contributed by atoms with van der Waals surface area (Å²) in [5.74, 6) is -0.302. The Kier molecular flexibility index (Phi) is 5.17. The van der Waals surface area contributed by atoms with E-state index < -0.39 is 0 Å². The van der Waals surface area contributed by atoms with Crippen LogP contribution in [0.25, 0.3) is 0 Å². The van der Waals surface area contributed by atoms with Gasteiger partial charge in [-0.15, -0.1) is 0 Å². The fourth-order valence-electron chi connectivity index (χ4n) is 2.52. The number of benzene rings is 2. The van der Waals surface area contributed by atoms with Crippen molar-refractivity contribution in [3.05, 3.63) is 83.3 Å². The second-order valence-corrected chi connectivity index (χ2v) is 5.97. The molecule has 5 heteroatoms. The molecule has 1 aromatic heterocycles. The van der Waals surface area contributed by atoms with E-state index in [-0.39, 0.29) is 17.6 Å². The lowest BCUT2D eigenvalue weighted by Gasteiger charge is -2.11. The third-order valence-corrected chi connectivity index (χ3v) is 4.11. The van der Waals surface area contributed by atoms with E-state index in [1.165, 1.54) is 11.8 Å². The first kappa shape index (κ1) is 17.5. The van der Waals surface area contributed by atoms with Crippen LogP contribution in [-0.4, -0.2) is 11.8 Å². The second-order valence-electron chi connectivity index (χ2n) is 5.97. The highest BCUT2D eigenvalue weighted by atomic mass is 16.3. The molecule has 0 saturated carbocycles. The summed E-state index contributed by atoms with van der Waals surface area (Å²) in [6.07, 6.45) is 2.37. The van der Waals surface area contributed by atoms with Gasteiger partial charge in [-0.3, -0.25) is 9.59 Å². The summed E-state index contributed by atoms with van der Waals surface area (Å²) < 4.78 is 5.08. The first-order valence-electron chi connectivity index (χ1n) is 8.42. The van der Waals surface area contributed by atoms with Crippen molar-refractivity contribution in [3.63, 3.8) is 0 Å². The highest BCUT2D eigenvalue weighted by Crippen LogP contribution is 2.22. The van der Waals surface area contributed by atoms with Gasteiger partial charge in [-0.2, -0.15) is 0 Å². The number of anilines is 2. The molecule has 5 nitrogen and oxygen atoms in total. The summed E-state index contributed by atoms with van der Waals surface area (Å²) in [5.41, 5.74) is 3.90. The average Bonchev–Trinajstić information content (AvgIpc) is 3.19. The molecule has 0 fully saturated rings. The molecule has 0 saturated heterocycles.